The molecule has 0 spiro atoms. The van der Waals surface area contributed by atoms with Crippen LogP contribution in [0.5, 0.6) is 0 Å². The third-order valence-electron chi connectivity index (χ3n) is 4.42. The molecule has 132 valence electrons. The molecule has 0 saturated heterocycles. The second kappa shape index (κ2) is 7.88. The molecule has 1 amide bonds. The summed E-state index contributed by atoms with van der Waals surface area (Å²) in [5.41, 5.74) is 0.508. The Morgan fingerprint density at radius 3 is 2.48 bits per heavy atom. The number of aliphatic carboxylic acids is 1. The zero-order valence-corrected chi connectivity index (χ0v) is 14.7. The summed E-state index contributed by atoms with van der Waals surface area (Å²) in [6.07, 6.45) is 3.23. The average Bonchev–Trinajstić information content (AvgIpc) is 2.63. The zero-order chi connectivity index (χ0) is 18.4. The van der Waals surface area contributed by atoms with Gasteiger partial charge in [0.05, 0.1) is 11.3 Å². The number of carboxylic acids is 1. The van der Waals surface area contributed by atoms with Gasteiger partial charge in [0, 0.05) is 12.7 Å². The van der Waals surface area contributed by atoms with Gasteiger partial charge in [-0.3, -0.25) is 9.59 Å². The predicted molar refractivity (Wildman–Crippen MR) is 94.5 cm³/mol. The summed E-state index contributed by atoms with van der Waals surface area (Å²) >= 11 is 0. The van der Waals surface area contributed by atoms with Crippen LogP contribution in [0, 0.1) is 0 Å². The molecule has 1 heterocycles. The largest absolute Gasteiger partial charge is 0.481 e. The fraction of sp³-hybridized carbons (Fsp3) is 0.368. The van der Waals surface area contributed by atoms with Crippen molar-refractivity contribution >= 4 is 11.9 Å². The van der Waals surface area contributed by atoms with Gasteiger partial charge in [0.15, 0.2) is 0 Å². The molecule has 1 atom stereocenters. The molecule has 0 saturated carbocycles. The van der Waals surface area contributed by atoms with Gasteiger partial charge in [-0.25, -0.2) is 9.97 Å². The number of rotatable bonds is 7. The second-order valence-electron chi connectivity index (χ2n) is 6.27. The molecule has 6 heteroatoms. The van der Waals surface area contributed by atoms with Crippen molar-refractivity contribution in [3.63, 3.8) is 0 Å². The molecule has 1 unspecified atom stereocenters. The van der Waals surface area contributed by atoms with Gasteiger partial charge in [-0.05, 0) is 17.9 Å². The first-order chi connectivity index (χ1) is 11.9. The number of carboxylic acid groups (broad SMARTS) is 1. The van der Waals surface area contributed by atoms with Crippen LogP contribution in [-0.2, 0) is 10.2 Å². The summed E-state index contributed by atoms with van der Waals surface area (Å²) in [4.78, 5) is 32.7. The number of nitrogens with zero attached hydrogens (tertiary/aromatic N) is 2. The van der Waals surface area contributed by atoms with Gasteiger partial charge in [-0.1, -0.05) is 51.1 Å². The Labute approximate surface area is 147 Å². The standard InChI is InChI=1S/C19H23N3O3/c1-4-19(18(24)25,14-8-6-5-7-9-14)11-21-17(23)15-10-20-12-22-16(15)13(2)3/h5-10,12-13H,4,11H2,1-3H3,(H,21,23)(H,24,25). The molecule has 1 aromatic carbocycles. The van der Waals surface area contributed by atoms with Gasteiger partial charge in [0.2, 0.25) is 0 Å². The monoisotopic (exact) mass is 341 g/mol. The van der Waals surface area contributed by atoms with Gasteiger partial charge < -0.3 is 10.4 Å². The SMILES string of the molecule is CCC(CNC(=O)c1cncnc1C(C)C)(C(=O)O)c1ccccc1. The summed E-state index contributed by atoms with van der Waals surface area (Å²) in [5, 5.41) is 12.6. The van der Waals surface area contributed by atoms with E-state index in [1.54, 1.807) is 31.2 Å². The fourth-order valence-electron chi connectivity index (χ4n) is 2.84. The van der Waals surface area contributed by atoms with Crippen LogP contribution in [0.3, 0.4) is 0 Å². The third-order valence-corrected chi connectivity index (χ3v) is 4.42. The lowest BCUT2D eigenvalue weighted by molar-refractivity contribution is -0.143. The van der Waals surface area contributed by atoms with E-state index in [-0.39, 0.29) is 18.4 Å². The van der Waals surface area contributed by atoms with E-state index in [0.717, 1.165) is 0 Å². The van der Waals surface area contributed by atoms with Crippen LogP contribution >= 0.6 is 0 Å². The number of amides is 1. The van der Waals surface area contributed by atoms with E-state index >= 15 is 0 Å². The maximum absolute atomic E-state index is 12.6. The molecule has 25 heavy (non-hydrogen) atoms. The minimum atomic E-state index is -1.18. The van der Waals surface area contributed by atoms with Crippen LogP contribution in [0.2, 0.25) is 0 Å². The van der Waals surface area contributed by atoms with E-state index in [1.165, 1.54) is 12.5 Å². The predicted octanol–water partition coefficient (Wildman–Crippen LogP) is 2.76. The van der Waals surface area contributed by atoms with E-state index in [0.29, 0.717) is 23.2 Å². The molecule has 2 aromatic rings. The van der Waals surface area contributed by atoms with Crippen LogP contribution < -0.4 is 5.32 Å². The highest BCUT2D eigenvalue weighted by molar-refractivity contribution is 5.95. The van der Waals surface area contributed by atoms with Crippen LogP contribution in [-0.4, -0.2) is 33.5 Å². The molecular weight excluding hydrogens is 318 g/mol. The van der Waals surface area contributed by atoms with E-state index < -0.39 is 11.4 Å². The minimum Gasteiger partial charge on any atom is -0.481 e. The van der Waals surface area contributed by atoms with Crippen molar-refractivity contribution in [1.82, 2.24) is 15.3 Å². The molecule has 0 bridgehead atoms. The van der Waals surface area contributed by atoms with Gasteiger partial charge in [0.25, 0.3) is 5.91 Å². The molecule has 0 aliphatic carbocycles. The molecule has 0 radical (unpaired) electrons. The molecule has 2 rings (SSSR count). The van der Waals surface area contributed by atoms with E-state index in [1.807, 2.05) is 19.9 Å². The Hall–Kier alpha value is -2.76. The first kappa shape index (κ1) is 18.6. The number of benzene rings is 1. The Bertz CT molecular complexity index is 747. The number of nitrogens with one attached hydrogen (secondary N) is 1. The number of carbonyl (C=O) groups excluding carboxylic acids is 1. The lowest BCUT2D eigenvalue weighted by atomic mass is 9.78. The molecule has 0 aliphatic heterocycles. The van der Waals surface area contributed by atoms with Crippen molar-refractivity contribution in [1.29, 1.82) is 0 Å². The highest BCUT2D eigenvalue weighted by Gasteiger charge is 2.39. The molecular formula is C19H23N3O3. The molecule has 0 aliphatic rings. The van der Waals surface area contributed by atoms with Crippen molar-refractivity contribution in [2.45, 2.75) is 38.5 Å². The van der Waals surface area contributed by atoms with Crippen LogP contribution in [0.1, 0.15) is 54.7 Å². The number of hydrogen-bond donors (Lipinski definition) is 2. The molecule has 1 aromatic heterocycles. The normalized spacial score (nSPS) is 13.3. The first-order valence-corrected chi connectivity index (χ1v) is 8.29. The fourth-order valence-corrected chi connectivity index (χ4v) is 2.84. The van der Waals surface area contributed by atoms with Crippen molar-refractivity contribution in [2.24, 2.45) is 0 Å². The first-order valence-electron chi connectivity index (χ1n) is 8.29. The Kier molecular flexibility index (Phi) is 5.85. The molecule has 2 N–H and O–H groups in total. The number of carbonyl (C=O) groups is 2. The Balaban J connectivity index is 2.28. The summed E-state index contributed by atoms with van der Waals surface area (Å²) in [6.45, 7) is 5.68. The maximum atomic E-state index is 12.6. The molecule has 0 fully saturated rings. The smallest absolute Gasteiger partial charge is 0.315 e. The van der Waals surface area contributed by atoms with E-state index in [2.05, 4.69) is 15.3 Å². The second-order valence-corrected chi connectivity index (χ2v) is 6.27. The lowest BCUT2D eigenvalue weighted by Gasteiger charge is -2.29. The van der Waals surface area contributed by atoms with Crippen LogP contribution in [0.15, 0.2) is 42.9 Å². The Morgan fingerprint density at radius 2 is 1.92 bits per heavy atom. The van der Waals surface area contributed by atoms with Crippen molar-refractivity contribution < 1.29 is 14.7 Å². The van der Waals surface area contributed by atoms with Crippen LogP contribution in [0.25, 0.3) is 0 Å². The van der Waals surface area contributed by atoms with Crippen LogP contribution in [0.4, 0.5) is 0 Å². The number of hydrogen-bond acceptors (Lipinski definition) is 4. The topological polar surface area (TPSA) is 92.2 Å². The highest BCUT2D eigenvalue weighted by Crippen LogP contribution is 2.28. The summed E-state index contributed by atoms with van der Waals surface area (Å²) in [6, 6.07) is 8.98. The van der Waals surface area contributed by atoms with Gasteiger partial charge in [0.1, 0.15) is 11.7 Å². The zero-order valence-electron chi connectivity index (χ0n) is 14.7. The van der Waals surface area contributed by atoms with E-state index in [9.17, 15) is 14.7 Å². The minimum absolute atomic E-state index is 0.00584. The van der Waals surface area contributed by atoms with E-state index in [4.69, 9.17) is 0 Å². The summed E-state index contributed by atoms with van der Waals surface area (Å²) in [5.74, 6) is -1.26. The average molecular weight is 341 g/mol. The van der Waals surface area contributed by atoms with Gasteiger partial charge >= 0.3 is 5.97 Å². The maximum Gasteiger partial charge on any atom is 0.315 e. The number of aromatic nitrogens is 2. The van der Waals surface area contributed by atoms with Gasteiger partial charge in [-0.15, -0.1) is 0 Å². The lowest BCUT2D eigenvalue weighted by Crippen LogP contribution is -2.46. The highest BCUT2D eigenvalue weighted by atomic mass is 16.4. The third kappa shape index (κ3) is 3.84. The Morgan fingerprint density at radius 1 is 1.24 bits per heavy atom. The quantitative estimate of drug-likeness (QED) is 0.808. The van der Waals surface area contributed by atoms with Crippen molar-refractivity contribution in [3.8, 4) is 0 Å². The summed E-state index contributed by atoms with van der Waals surface area (Å²) < 4.78 is 0. The van der Waals surface area contributed by atoms with Gasteiger partial charge in [-0.2, -0.15) is 0 Å². The summed E-state index contributed by atoms with van der Waals surface area (Å²) in [7, 11) is 0. The van der Waals surface area contributed by atoms with Crippen molar-refractivity contribution in [2.75, 3.05) is 6.54 Å². The van der Waals surface area contributed by atoms with Crippen molar-refractivity contribution in [3.05, 3.63) is 59.7 Å². The molecule has 6 nitrogen and oxygen atoms in total.